The zero-order valence-corrected chi connectivity index (χ0v) is 12.7. The Kier molecular flexibility index (Phi) is 3.48. The summed E-state index contributed by atoms with van der Waals surface area (Å²) in [7, 11) is -3.79. The van der Waals surface area contributed by atoms with E-state index in [0.717, 1.165) is 17.1 Å². The molecule has 0 aliphatic heterocycles. The Morgan fingerprint density at radius 3 is 2.71 bits per heavy atom. The number of fused-ring (bicyclic) bond motifs is 1. The zero-order valence-electron chi connectivity index (χ0n) is 10.3. The molecule has 0 fully saturated rings. The Labute approximate surface area is 130 Å². The first-order valence-corrected chi connectivity index (χ1v) is 7.96. The predicted molar refractivity (Wildman–Crippen MR) is 81.2 cm³/mol. The van der Waals surface area contributed by atoms with Crippen molar-refractivity contribution in [1.82, 2.24) is 15.2 Å². The van der Waals surface area contributed by atoms with E-state index < -0.39 is 10.0 Å². The van der Waals surface area contributed by atoms with Crippen molar-refractivity contribution in [2.24, 2.45) is 0 Å². The van der Waals surface area contributed by atoms with Crippen molar-refractivity contribution in [3.63, 3.8) is 0 Å². The van der Waals surface area contributed by atoms with E-state index in [1.54, 1.807) is 24.4 Å². The van der Waals surface area contributed by atoms with Gasteiger partial charge in [-0.25, -0.2) is 13.4 Å². The van der Waals surface area contributed by atoms with Gasteiger partial charge in [-0.1, -0.05) is 23.2 Å². The first kappa shape index (κ1) is 14.1. The van der Waals surface area contributed by atoms with Crippen LogP contribution in [0.25, 0.3) is 10.9 Å². The number of aromatic nitrogens is 3. The van der Waals surface area contributed by atoms with Gasteiger partial charge in [0.2, 0.25) is 0 Å². The summed E-state index contributed by atoms with van der Waals surface area (Å²) in [6.07, 6.45) is 2.79. The third-order valence-corrected chi connectivity index (χ3v) is 4.81. The van der Waals surface area contributed by atoms with Crippen molar-refractivity contribution >= 4 is 49.8 Å². The molecule has 108 valence electrons. The van der Waals surface area contributed by atoms with E-state index in [1.807, 2.05) is 0 Å². The van der Waals surface area contributed by atoms with E-state index in [0.29, 0.717) is 5.69 Å². The summed E-state index contributed by atoms with van der Waals surface area (Å²) in [6.45, 7) is 0. The van der Waals surface area contributed by atoms with Crippen LogP contribution in [0.15, 0.2) is 41.6 Å². The molecule has 0 bridgehead atoms. The molecule has 2 aromatic heterocycles. The van der Waals surface area contributed by atoms with Gasteiger partial charge in [0.25, 0.3) is 10.0 Å². The molecule has 2 heterocycles. The number of halogens is 2. The van der Waals surface area contributed by atoms with Crippen molar-refractivity contribution in [3.05, 3.63) is 46.8 Å². The third-order valence-electron chi connectivity index (χ3n) is 2.78. The summed E-state index contributed by atoms with van der Waals surface area (Å²) in [5.74, 6) is 0. The molecule has 0 saturated heterocycles. The fourth-order valence-corrected chi connectivity index (χ4v) is 3.12. The third kappa shape index (κ3) is 2.80. The SMILES string of the molecule is O=S(=O)(Nc1ccc2cn[nH]c2c1)c1cnc(Cl)c(Cl)c1. The van der Waals surface area contributed by atoms with Crippen LogP contribution < -0.4 is 4.72 Å². The largest absolute Gasteiger partial charge is 0.280 e. The lowest BCUT2D eigenvalue weighted by molar-refractivity contribution is 0.601. The summed E-state index contributed by atoms with van der Waals surface area (Å²) in [5.41, 5.74) is 1.13. The molecule has 0 unspecified atom stereocenters. The number of aromatic amines is 1. The predicted octanol–water partition coefficient (Wildman–Crippen LogP) is 3.07. The Bertz CT molecular complexity index is 924. The van der Waals surface area contributed by atoms with Crippen LogP contribution in [0.1, 0.15) is 0 Å². The van der Waals surface area contributed by atoms with E-state index in [1.165, 1.54) is 6.07 Å². The number of H-pyrrole nitrogens is 1. The monoisotopic (exact) mass is 342 g/mol. The van der Waals surface area contributed by atoms with Gasteiger partial charge in [-0.05, 0) is 24.3 Å². The number of nitrogens with one attached hydrogen (secondary N) is 2. The van der Waals surface area contributed by atoms with Gasteiger partial charge in [0.15, 0.2) is 0 Å². The van der Waals surface area contributed by atoms with Gasteiger partial charge >= 0.3 is 0 Å². The van der Waals surface area contributed by atoms with Crippen LogP contribution in [0.4, 0.5) is 5.69 Å². The first-order valence-electron chi connectivity index (χ1n) is 5.73. The minimum absolute atomic E-state index is 0.0505. The summed E-state index contributed by atoms with van der Waals surface area (Å²) in [5, 5.41) is 7.65. The smallest absolute Gasteiger partial charge is 0.263 e. The number of hydrogen-bond acceptors (Lipinski definition) is 4. The fourth-order valence-electron chi connectivity index (χ4n) is 1.77. The second-order valence-electron chi connectivity index (χ2n) is 4.22. The summed E-state index contributed by atoms with van der Waals surface area (Å²) >= 11 is 11.5. The summed E-state index contributed by atoms with van der Waals surface area (Å²) < 4.78 is 27.0. The van der Waals surface area contributed by atoms with E-state index >= 15 is 0 Å². The Balaban J connectivity index is 1.96. The number of sulfonamides is 1. The molecule has 0 aliphatic carbocycles. The maximum Gasteiger partial charge on any atom is 0.263 e. The molecule has 21 heavy (non-hydrogen) atoms. The van der Waals surface area contributed by atoms with Gasteiger partial charge in [-0.15, -0.1) is 0 Å². The van der Waals surface area contributed by atoms with Gasteiger partial charge in [-0.3, -0.25) is 9.82 Å². The Hall–Kier alpha value is -1.83. The molecular weight excluding hydrogens is 335 g/mol. The van der Waals surface area contributed by atoms with Gasteiger partial charge < -0.3 is 0 Å². The second kappa shape index (κ2) is 5.18. The van der Waals surface area contributed by atoms with Crippen molar-refractivity contribution in [2.45, 2.75) is 4.90 Å². The molecule has 0 radical (unpaired) electrons. The molecule has 0 atom stereocenters. The molecule has 2 N–H and O–H groups in total. The highest BCUT2D eigenvalue weighted by molar-refractivity contribution is 7.92. The van der Waals surface area contributed by atoms with E-state index in [9.17, 15) is 8.42 Å². The molecule has 3 rings (SSSR count). The highest BCUT2D eigenvalue weighted by Gasteiger charge is 2.16. The topological polar surface area (TPSA) is 87.7 Å². The van der Waals surface area contributed by atoms with Crippen LogP contribution in [-0.4, -0.2) is 23.6 Å². The molecule has 0 spiro atoms. The number of nitrogens with zero attached hydrogens (tertiary/aromatic N) is 2. The fraction of sp³-hybridized carbons (Fsp3) is 0. The summed E-state index contributed by atoms with van der Waals surface area (Å²) in [4.78, 5) is 3.66. The molecule has 0 aliphatic rings. The lowest BCUT2D eigenvalue weighted by Crippen LogP contribution is -2.13. The van der Waals surface area contributed by atoms with Gasteiger partial charge in [0.05, 0.1) is 22.4 Å². The first-order chi connectivity index (χ1) is 9.95. The normalized spacial score (nSPS) is 11.7. The molecule has 0 saturated carbocycles. The average Bonchev–Trinajstić information content (AvgIpc) is 2.88. The number of rotatable bonds is 3. The lowest BCUT2D eigenvalue weighted by atomic mass is 10.2. The minimum Gasteiger partial charge on any atom is -0.280 e. The van der Waals surface area contributed by atoms with Gasteiger partial charge in [0.1, 0.15) is 10.0 Å². The van der Waals surface area contributed by atoms with Crippen LogP contribution in [0, 0.1) is 0 Å². The quantitative estimate of drug-likeness (QED) is 0.716. The number of anilines is 1. The number of hydrogen-bond donors (Lipinski definition) is 2. The van der Waals surface area contributed by atoms with Crippen molar-refractivity contribution < 1.29 is 8.42 Å². The average molecular weight is 343 g/mol. The zero-order chi connectivity index (χ0) is 15.0. The maximum atomic E-state index is 12.3. The van der Waals surface area contributed by atoms with Crippen molar-refractivity contribution in [2.75, 3.05) is 4.72 Å². The number of benzene rings is 1. The standard InChI is InChI=1S/C12H8Cl2N4O2S/c13-10-4-9(6-15-12(10)14)21(19,20)18-8-2-1-7-5-16-17-11(7)3-8/h1-6,18H,(H,16,17). The molecule has 0 amide bonds. The number of pyridine rings is 1. The molecule has 3 aromatic rings. The van der Waals surface area contributed by atoms with E-state index in [-0.39, 0.29) is 15.1 Å². The van der Waals surface area contributed by atoms with Crippen LogP contribution in [0.3, 0.4) is 0 Å². The van der Waals surface area contributed by atoms with Crippen molar-refractivity contribution in [1.29, 1.82) is 0 Å². The van der Waals surface area contributed by atoms with Crippen LogP contribution in [0.5, 0.6) is 0 Å². The molecular formula is C12H8Cl2N4O2S. The van der Waals surface area contributed by atoms with Crippen LogP contribution in [-0.2, 0) is 10.0 Å². The van der Waals surface area contributed by atoms with Crippen LogP contribution in [0.2, 0.25) is 10.2 Å². The van der Waals surface area contributed by atoms with Crippen molar-refractivity contribution in [3.8, 4) is 0 Å². The maximum absolute atomic E-state index is 12.3. The van der Waals surface area contributed by atoms with E-state index in [2.05, 4.69) is 19.9 Å². The lowest BCUT2D eigenvalue weighted by Gasteiger charge is -2.08. The summed E-state index contributed by atoms with van der Waals surface area (Å²) in [6, 6.07) is 6.28. The highest BCUT2D eigenvalue weighted by Crippen LogP contribution is 2.24. The molecule has 9 heteroatoms. The minimum atomic E-state index is -3.79. The van der Waals surface area contributed by atoms with Gasteiger partial charge in [-0.2, -0.15) is 5.10 Å². The highest BCUT2D eigenvalue weighted by atomic mass is 35.5. The Morgan fingerprint density at radius 2 is 1.95 bits per heavy atom. The molecule has 1 aromatic carbocycles. The van der Waals surface area contributed by atoms with Crippen LogP contribution >= 0.6 is 23.2 Å². The Morgan fingerprint density at radius 1 is 1.14 bits per heavy atom. The van der Waals surface area contributed by atoms with Gasteiger partial charge in [0, 0.05) is 11.6 Å². The second-order valence-corrected chi connectivity index (χ2v) is 6.67. The van der Waals surface area contributed by atoms with E-state index in [4.69, 9.17) is 23.2 Å². The molecule has 6 nitrogen and oxygen atoms in total.